The molecule has 0 aliphatic carbocycles. The second-order valence-corrected chi connectivity index (χ2v) is 5.76. The number of nitrogens with one attached hydrogen (secondary N) is 2. The number of carbonyl (C=O) groups excluding carboxylic acids is 1. The number of aliphatic hydroxyl groups is 1. The molecule has 0 bridgehead atoms. The maximum absolute atomic E-state index is 12.2. The Balaban J connectivity index is 2.04. The minimum Gasteiger partial charge on any atom is -0.495 e. The molecule has 0 radical (unpaired) electrons. The van der Waals surface area contributed by atoms with E-state index in [1.165, 1.54) is 14.2 Å². The van der Waals surface area contributed by atoms with E-state index in [9.17, 15) is 9.90 Å². The van der Waals surface area contributed by atoms with Crippen molar-refractivity contribution >= 4 is 23.3 Å². The highest BCUT2D eigenvalue weighted by Gasteiger charge is 2.15. The zero-order valence-corrected chi connectivity index (χ0v) is 14.8. The predicted molar refractivity (Wildman–Crippen MR) is 97.7 cm³/mol. The first-order chi connectivity index (χ1) is 12.1. The van der Waals surface area contributed by atoms with Gasteiger partial charge in [0.15, 0.2) is 0 Å². The molecule has 0 aliphatic heterocycles. The van der Waals surface area contributed by atoms with Crippen LogP contribution < -0.4 is 20.1 Å². The highest BCUT2D eigenvalue weighted by Crippen LogP contribution is 2.35. The lowest BCUT2D eigenvalue weighted by Gasteiger charge is -2.18. The summed E-state index contributed by atoms with van der Waals surface area (Å²) in [6, 6.07) is 11.9. The number of hydrogen-bond donors (Lipinski definition) is 3. The molecule has 6 nitrogen and oxygen atoms in total. The molecule has 0 heterocycles. The fraction of sp³-hybridized carbons (Fsp3) is 0.278. The number of methoxy groups -OCH3 is 2. The minimum absolute atomic E-state index is 0.178. The van der Waals surface area contributed by atoms with Crippen LogP contribution in [0, 0.1) is 0 Å². The van der Waals surface area contributed by atoms with E-state index in [0.29, 0.717) is 28.6 Å². The number of anilines is 1. The molecule has 0 fully saturated rings. The van der Waals surface area contributed by atoms with Crippen molar-refractivity contribution in [1.82, 2.24) is 5.32 Å². The fourth-order valence-electron chi connectivity index (χ4n) is 2.36. The molecule has 0 saturated heterocycles. The lowest BCUT2D eigenvalue weighted by atomic mass is 10.1. The number of halogens is 1. The van der Waals surface area contributed by atoms with Crippen LogP contribution >= 0.6 is 11.6 Å². The van der Waals surface area contributed by atoms with E-state index in [1.54, 1.807) is 12.1 Å². The first kappa shape index (κ1) is 18.9. The Morgan fingerprint density at radius 3 is 2.44 bits per heavy atom. The zero-order valence-electron chi connectivity index (χ0n) is 14.1. The molecule has 2 aromatic carbocycles. The van der Waals surface area contributed by atoms with E-state index < -0.39 is 12.1 Å². The van der Waals surface area contributed by atoms with Crippen molar-refractivity contribution in [3.05, 3.63) is 53.1 Å². The summed E-state index contributed by atoms with van der Waals surface area (Å²) >= 11 is 6.09. The smallest absolute Gasteiger partial charge is 0.319 e. The molecule has 1 atom stereocenters. The average molecular weight is 365 g/mol. The molecule has 1 unspecified atom stereocenters. The predicted octanol–water partition coefficient (Wildman–Crippen LogP) is 3.08. The second-order valence-electron chi connectivity index (χ2n) is 5.35. The van der Waals surface area contributed by atoms with Gasteiger partial charge in [-0.1, -0.05) is 41.9 Å². The van der Waals surface area contributed by atoms with Crippen LogP contribution in [0.15, 0.2) is 42.5 Å². The molecule has 7 heteroatoms. The van der Waals surface area contributed by atoms with Gasteiger partial charge in [0.25, 0.3) is 0 Å². The molecule has 2 rings (SSSR count). The summed E-state index contributed by atoms with van der Waals surface area (Å²) in [5, 5.41) is 15.3. The maximum atomic E-state index is 12.2. The van der Waals surface area contributed by atoms with Crippen molar-refractivity contribution in [3.8, 4) is 11.5 Å². The Labute approximate surface area is 151 Å². The molecule has 2 amide bonds. The molecule has 0 spiro atoms. The zero-order chi connectivity index (χ0) is 18.2. The lowest BCUT2D eigenvalue weighted by Crippen LogP contribution is -2.41. The van der Waals surface area contributed by atoms with Gasteiger partial charge in [-0.15, -0.1) is 0 Å². The monoisotopic (exact) mass is 364 g/mol. The van der Waals surface area contributed by atoms with Gasteiger partial charge in [-0.3, -0.25) is 0 Å². The molecule has 2 aromatic rings. The number of ether oxygens (including phenoxy) is 2. The van der Waals surface area contributed by atoms with E-state index >= 15 is 0 Å². The molecular formula is C18H21ClN2O4. The Kier molecular flexibility index (Phi) is 6.91. The number of carbonyl (C=O) groups is 1. The summed E-state index contributed by atoms with van der Waals surface area (Å²) in [7, 11) is 2.98. The van der Waals surface area contributed by atoms with Crippen LogP contribution in [0.1, 0.15) is 5.56 Å². The van der Waals surface area contributed by atoms with Gasteiger partial charge in [0.2, 0.25) is 0 Å². The van der Waals surface area contributed by atoms with Crippen LogP contribution in [-0.2, 0) is 6.42 Å². The topological polar surface area (TPSA) is 79.8 Å². The Bertz CT molecular complexity index is 710. The Morgan fingerprint density at radius 2 is 1.84 bits per heavy atom. The number of hydrogen-bond acceptors (Lipinski definition) is 4. The molecule has 25 heavy (non-hydrogen) atoms. The van der Waals surface area contributed by atoms with Crippen LogP contribution in [0.25, 0.3) is 0 Å². The molecular weight excluding hydrogens is 344 g/mol. The van der Waals surface area contributed by atoms with Crippen molar-refractivity contribution in [2.75, 3.05) is 26.1 Å². The number of rotatable bonds is 7. The Hall–Kier alpha value is -2.44. The summed E-state index contributed by atoms with van der Waals surface area (Å²) in [4.78, 5) is 12.2. The third-order valence-corrected chi connectivity index (χ3v) is 3.90. The van der Waals surface area contributed by atoms with Gasteiger partial charge < -0.3 is 25.2 Å². The maximum Gasteiger partial charge on any atom is 0.319 e. The summed E-state index contributed by atoms with van der Waals surface area (Å²) in [5.74, 6) is 0.863. The fourth-order valence-corrected chi connectivity index (χ4v) is 2.60. The van der Waals surface area contributed by atoms with Gasteiger partial charge in [0.1, 0.15) is 11.5 Å². The van der Waals surface area contributed by atoms with E-state index in [-0.39, 0.29) is 6.61 Å². The quantitative estimate of drug-likeness (QED) is 0.705. The second kappa shape index (κ2) is 9.15. The van der Waals surface area contributed by atoms with Crippen molar-refractivity contribution in [2.45, 2.75) is 12.5 Å². The van der Waals surface area contributed by atoms with Gasteiger partial charge in [-0.05, 0) is 18.1 Å². The highest BCUT2D eigenvalue weighted by atomic mass is 35.5. The van der Waals surface area contributed by atoms with E-state index in [4.69, 9.17) is 21.1 Å². The summed E-state index contributed by atoms with van der Waals surface area (Å²) in [6.45, 7) is -0.178. The van der Waals surface area contributed by atoms with Crippen LogP contribution in [0.5, 0.6) is 11.5 Å². The van der Waals surface area contributed by atoms with E-state index in [1.807, 2.05) is 30.3 Å². The number of aliphatic hydroxyl groups excluding tert-OH is 1. The van der Waals surface area contributed by atoms with Crippen LogP contribution in [0.3, 0.4) is 0 Å². The van der Waals surface area contributed by atoms with Crippen LogP contribution in [-0.4, -0.2) is 38.0 Å². The van der Waals surface area contributed by atoms with E-state index in [0.717, 1.165) is 5.56 Å². The first-order valence-corrected chi connectivity index (χ1v) is 8.09. The normalized spacial score (nSPS) is 11.5. The van der Waals surface area contributed by atoms with Gasteiger partial charge in [-0.2, -0.15) is 0 Å². The summed E-state index contributed by atoms with van der Waals surface area (Å²) in [6.07, 6.45) is 0.519. The SMILES string of the molecule is COc1cc(OC)c(NC(=O)NC(CO)Cc2ccccc2)cc1Cl. The van der Waals surface area contributed by atoms with Crippen molar-refractivity contribution < 1.29 is 19.4 Å². The lowest BCUT2D eigenvalue weighted by molar-refractivity contribution is 0.224. The molecule has 3 N–H and O–H groups in total. The third-order valence-electron chi connectivity index (χ3n) is 3.60. The number of benzene rings is 2. The largest absolute Gasteiger partial charge is 0.495 e. The standard InChI is InChI=1S/C18H21ClN2O4/c1-24-16-10-17(25-2)15(9-14(16)19)21-18(23)20-13(11-22)8-12-6-4-3-5-7-12/h3-7,9-10,13,22H,8,11H2,1-2H3,(H2,20,21,23). The van der Waals surface area contributed by atoms with Crippen LogP contribution in [0.4, 0.5) is 10.5 Å². The minimum atomic E-state index is -0.463. The summed E-state index contributed by atoms with van der Waals surface area (Å²) in [5.41, 5.74) is 1.43. The highest BCUT2D eigenvalue weighted by molar-refractivity contribution is 6.32. The number of urea groups is 1. The molecule has 134 valence electrons. The van der Waals surface area contributed by atoms with Gasteiger partial charge in [0.05, 0.1) is 37.6 Å². The average Bonchev–Trinajstić information content (AvgIpc) is 2.62. The Morgan fingerprint density at radius 1 is 1.16 bits per heavy atom. The summed E-state index contributed by atoms with van der Waals surface area (Å²) < 4.78 is 10.4. The van der Waals surface area contributed by atoms with Crippen molar-refractivity contribution in [3.63, 3.8) is 0 Å². The van der Waals surface area contributed by atoms with Crippen molar-refractivity contribution in [1.29, 1.82) is 0 Å². The third kappa shape index (κ3) is 5.27. The number of amides is 2. The molecule has 0 aromatic heterocycles. The van der Waals surface area contributed by atoms with Gasteiger partial charge >= 0.3 is 6.03 Å². The molecule has 0 aliphatic rings. The van der Waals surface area contributed by atoms with Gasteiger partial charge in [-0.25, -0.2) is 4.79 Å². The first-order valence-electron chi connectivity index (χ1n) is 7.71. The van der Waals surface area contributed by atoms with Crippen LogP contribution in [0.2, 0.25) is 5.02 Å². The van der Waals surface area contributed by atoms with Crippen molar-refractivity contribution in [2.24, 2.45) is 0 Å². The molecule has 0 saturated carbocycles. The van der Waals surface area contributed by atoms with E-state index in [2.05, 4.69) is 10.6 Å². The van der Waals surface area contributed by atoms with Gasteiger partial charge in [0, 0.05) is 6.07 Å².